The lowest BCUT2D eigenvalue weighted by Crippen LogP contribution is -1.98. The lowest BCUT2D eigenvalue weighted by Gasteiger charge is -2.08. The molecule has 0 aliphatic rings. The lowest BCUT2D eigenvalue weighted by molar-refractivity contribution is 0.0699. The number of halogens is 1. The highest BCUT2D eigenvalue weighted by atomic mass is 35.5. The molecule has 18 heavy (non-hydrogen) atoms. The van der Waals surface area contributed by atoms with Crippen molar-refractivity contribution in [3.63, 3.8) is 0 Å². The van der Waals surface area contributed by atoms with Crippen LogP contribution in [0.4, 0.5) is 0 Å². The van der Waals surface area contributed by atoms with E-state index in [1.165, 1.54) is 0 Å². The van der Waals surface area contributed by atoms with E-state index in [1.807, 2.05) is 42.5 Å². The molecule has 2 nitrogen and oxygen atoms in total. The summed E-state index contributed by atoms with van der Waals surface area (Å²) in [7, 11) is 0. The van der Waals surface area contributed by atoms with E-state index < -0.39 is 5.97 Å². The van der Waals surface area contributed by atoms with Gasteiger partial charge in [-0.3, -0.25) is 0 Å². The van der Waals surface area contributed by atoms with E-state index in [1.54, 1.807) is 6.07 Å². The summed E-state index contributed by atoms with van der Waals surface area (Å²) in [5, 5.41) is 13.3. The molecule has 0 unspecified atom stereocenters. The molecule has 0 radical (unpaired) electrons. The van der Waals surface area contributed by atoms with Crippen LogP contribution in [-0.4, -0.2) is 11.1 Å². The molecule has 0 saturated heterocycles. The fraction of sp³-hybridized carbons (Fsp3) is 0. The fourth-order valence-electron chi connectivity index (χ4n) is 2.29. The molecule has 0 aliphatic heterocycles. The lowest BCUT2D eigenvalue weighted by atomic mass is 9.97. The van der Waals surface area contributed by atoms with Gasteiger partial charge in [0.15, 0.2) is 0 Å². The quantitative estimate of drug-likeness (QED) is 0.658. The molecule has 3 rings (SSSR count). The Morgan fingerprint density at radius 2 is 1.72 bits per heavy atom. The van der Waals surface area contributed by atoms with Crippen LogP contribution in [0.3, 0.4) is 0 Å². The molecule has 0 saturated carbocycles. The van der Waals surface area contributed by atoms with Gasteiger partial charge >= 0.3 is 5.97 Å². The molecule has 88 valence electrons. The van der Waals surface area contributed by atoms with Crippen molar-refractivity contribution in [2.24, 2.45) is 0 Å². The summed E-state index contributed by atoms with van der Waals surface area (Å²) in [5.41, 5.74) is 0.306. The first-order chi connectivity index (χ1) is 8.68. The first-order valence-electron chi connectivity index (χ1n) is 5.52. The van der Waals surface area contributed by atoms with E-state index in [2.05, 4.69) is 0 Å². The van der Waals surface area contributed by atoms with Gasteiger partial charge in [0.2, 0.25) is 0 Å². The van der Waals surface area contributed by atoms with E-state index in [9.17, 15) is 9.90 Å². The molecule has 3 aromatic carbocycles. The van der Waals surface area contributed by atoms with Crippen molar-refractivity contribution in [1.82, 2.24) is 0 Å². The number of carboxylic acids is 1. The first kappa shape index (κ1) is 11.1. The summed E-state index contributed by atoms with van der Waals surface area (Å²) in [6, 6.07) is 14.6. The average molecular weight is 257 g/mol. The normalized spacial score (nSPS) is 10.9. The van der Waals surface area contributed by atoms with E-state index in [0.717, 1.165) is 16.2 Å². The van der Waals surface area contributed by atoms with Crippen molar-refractivity contribution in [3.8, 4) is 0 Å². The summed E-state index contributed by atoms with van der Waals surface area (Å²) in [6.07, 6.45) is 0. The van der Waals surface area contributed by atoms with Gasteiger partial charge in [0, 0.05) is 10.4 Å². The number of hydrogen-bond acceptors (Lipinski definition) is 1. The van der Waals surface area contributed by atoms with Crippen molar-refractivity contribution >= 4 is 39.1 Å². The van der Waals surface area contributed by atoms with E-state index in [4.69, 9.17) is 11.6 Å². The third-order valence-electron chi connectivity index (χ3n) is 3.06. The van der Waals surface area contributed by atoms with Crippen molar-refractivity contribution in [2.45, 2.75) is 0 Å². The summed E-state index contributed by atoms with van der Waals surface area (Å²) < 4.78 is 0. The number of carbonyl (C=O) groups is 1. The minimum absolute atomic E-state index is 0.306. The number of fused-ring (bicyclic) bond motifs is 3. The van der Waals surface area contributed by atoms with Gasteiger partial charge < -0.3 is 5.11 Å². The average Bonchev–Trinajstić information content (AvgIpc) is 2.37. The third-order valence-corrected chi connectivity index (χ3v) is 3.38. The monoisotopic (exact) mass is 256 g/mol. The SMILES string of the molecule is O=C(O)c1cc2cccc(Cl)c2c2ccccc12. The van der Waals surface area contributed by atoms with E-state index in [-0.39, 0.29) is 0 Å². The van der Waals surface area contributed by atoms with Gasteiger partial charge in [0.1, 0.15) is 0 Å². The van der Waals surface area contributed by atoms with Crippen LogP contribution in [-0.2, 0) is 0 Å². The standard InChI is InChI=1S/C15H9ClO2/c16-13-7-3-4-9-8-12(15(17)18)10-5-1-2-6-11(10)14(9)13/h1-8H,(H,17,18). The number of carboxylic acid groups (broad SMARTS) is 1. The molecular weight excluding hydrogens is 248 g/mol. The highest BCUT2D eigenvalue weighted by Crippen LogP contribution is 2.33. The molecular formula is C15H9ClO2. The molecule has 3 aromatic rings. The first-order valence-corrected chi connectivity index (χ1v) is 5.89. The molecule has 0 bridgehead atoms. The Balaban J connectivity index is 2.62. The van der Waals surface area contributed by atoms with Crippen molar-refractivity contribution in [2.75, 3.05) is 0 Å². The molecule has 0 fully saturated rings. The second-order valence-electron chi connectivity index (χ2n) is 4.11. The van der Waals surface area contributed by atoms with Crippen LogP contribution in [0.5, 0.6) is 0 Å². The largest absolute Gasteiger partial charge is 0.478 e. The second-order valence-corrected chi connectivity index (χ2v) is 4.52. The van der Waals surface area contributed by atoms with Crippen LogP contribution in [0.15, 0.2) is 48.5 Å². The third kappa shape index (κ3) is 1.54. The molecule has 3 heteroatoms. The number of rotatable bonds is 1. The van der Waals surface area contributed by atoms with E-state index in [0.29, 0.717) is 16.0 Å². The highest BCUT2D eigenvalue weighted by molar-refractivity contribution is 6.38. The highest BCUT2D eigenvalue weighted by Gasteiger charge is 2.12. The zero-order chi connectivity index (χ0) is 12.7. The van der Waals surface area contributed by atoms with Crippen molar-refractivity contribution in [3.05, 3.63) is 59.1 Å². The predicted octanol–water partition coefficient (Wildman–Crippen LogP) is 4.34. The Morgan fingerprint density at radius 3 is 2.44 bits per heavy atom. The summed E-state index contributed by atoms with van der Waals surface area (Å²) in [5.74, 6) is -0.923. The van der Waals surface area contributed by atoms with E-state index >= 15 is 0 Å². The number of benzene rings is 3. The Kier molecular flexibility index (Phi) is 2.46. The van der Waals surface area contributed by atoms with Crippen LogP contribution in [0.1, 0.15) is 10.4 Å². The van der Waals surface area contributed by atoms with Crippen molar-refractivity contribution < 1.29 is 9.90 Å². The Bertz CT molecular complexity index is 778. The van der Waals surface area contributed by atoms with Gasteiger partial charge in [0.25, 0.3) is 0 Å². The number of aromatic carboxylic acids is 1. The smallest absolute Gasteiger partial charge is 0.336 e. The van der Waals surface area contributed by atoms with Crippen LogP contribution in [0.2, 0.25) is 5.02 Å². The van der Waals surface area contributed by atoms with Gasteiger partial charge in [-0.05, 0) is 28.3 Å². The van der Waals surface area contributed by atoms with Crippen LogP contribution in [0.25, 0.3) is 21.5 Å². The predicted molar refractivity (Wildman–Crippen MR) is 73.4 cm³/mol. The molecule has 0 atom stereocenters. The number of hydrogen-bond donors (Lipinski definition) is 1. The molecule has 0 aromatic heterocycles. The zero-order valence-corrected chi connectivity index (χ0v) is 10.1. The minimum Gasteiger partial charge on any atom is -0.478 e. The second kappa shape index (κ2) is 4.00. The maximum absolute atomic E-state index is 11.3. The maximum Gasteiger partial charge on any atom is 0.336 e. The zero-order valence-electron chi connectivity index (χ0n) is 9.35. The maximum atomic E-state index is 11.3. The van der Waals surface area contributed by atoms with Crippen LogP contribution < -0.4 is 0 Å². The van der Waals surface area contributed by atoms with Crippen LogP contribution in [0, 0.1) is 0 Å². The molecule has 0 amide bonds. The molecule has 0 heterocycles. The van der Waals surface area contributed by atoms with Gasteiger partial charge in [0.05, 0.1) is 5.56 Å². The summed E-state index contributed by atoms with van der Waals surface area (Å²) in [4.78, 5) is 11.3. The fourth-order valence-corrected chi connectivity index (χ4v) is 2.58. The Hall–Kier alpha value is -2.06. The topological polar surface area (TPSA) is 37.3 Å². The van der Waals surface area contributed by atoms with Crippen molar-refractivity contribution in [1.29, 1.82) is 0 Å². The van der Waals surface area contributed by atoms with Crippen LogP contribution >= 0.6 is 11.6 Å². The van der Waals surface area contributed by atoms with Gasteiger partial charge in [-0.25, -0.2) is 4.79 Å². The molecule has 0 aliphatic carbocycles. The Morgan fingerprint density at radius 1 is 1.00 bits per heavy atom. The molecule has 0 spiro atoms. The molecule has 1 N–H and O–H groups in total. The van der Waals surface area contributed by atoms with Gasteiger partial charge in [-0.1, -0.05) is 48.0 Å². The van der Waals surface area contributed by atoms with Gasteiger partial charge in [-0.2, -0.15) is 0 Å². The van der Waals surface area contributed by atoms with Gasteiger partial charge in [-0.15, -0.1) is 0 Å². The Labute approximate surface area is 108 Å². The summed E-state index contributed by atoms with van der Waals surface area (Å²) >= 11 is 6.22. The summed E-state index contributed by atoms with van der Waals surface area (Å²) in [6.45, 7) is 0. The minimum atomic E-state index is -0.923.